The third kappa shape index (κ3) is 0.843. The monoisotopic (exact) mass is 147 g/mol. The Bertz CT molecular complexity index is 317. The zero-order valence-electron chi connectivity index (χ0n) is 6.57. The fourth-order valence-corrected chi connectivity index (χ4v) is 1.38. The molecule has 1 aromatic heterocycles. The van der Waals surface area contributed by atoms with Gasteiger partial charge >= 0.3 is 0 Å². The molecule has 3 nitrogen and oxygen atoms in total. The van der Waals surface area contributed by atoms with Crippen molar-refractivity contribution in [3.8, 4) is 0 Å². The van der Waals surface area contributed by atoms with Crippen molar-refractivity contribution in [3.63, 3.8) is 0 Å². The summed E-state index contributed by atoms with van der Waals surface area (Å²) in [6, 6.07) is 0.242. The van der Waals surface area contributed by atoms with E-state index in [1.807, 2.05) is 13.1 Å². The molecule has 0 radical (unpaired) electrons. The van der Waals surface area contributed by atoms with Gasteiger partial charge in [0.25, 0.3) is 0 Å². The highest BCUT2D eigenvalue weighted by Crippen LogP contribution is 2.25. The Morgan fingerprint density at radius 3 is 2.91 bits per heavy atom. The van der Waals surface area contributed by atoms with Crippen LogP contribution in [0.2, 0.25) is 0 Å². The van der Waals surface area contributed by atoms with E-state index >= 15 is 0 Å². The highest BCUT2D eigenvalue weighted by molar-refractivity contribution is 5.82. The Morgan fingerprint density at radius 1 is 1.36 bits per heavy atom. The van der Waals surface area contributed by atoms with E-state index in [1.54, 1.807) is 6.33 Å². The number of aryl methyl sites for hydroxylation is 1. The van der Waals surface area contributed by atoms with Gasteiger partial charge in [0.1, 0.15) is 6.33 Å². The molecule has 0 spiro atoms. The molecule has 11 heavy (non-hydrogen) atoms. The van der Waals surface area contributed by atoms with Crippen molar-refractivity contribution in [1.82, 2.24) is 9.97 Å². The quantitative estimate of drug-likeness (QED) is 0.554. The van der Waals surface area contributed by atoms with Crippen molar-refractivity contribution in [2.75, 3.05) is 0 Å². The van der Waals surface area contributed by atoms with Gasteiger partial charge in [-0.2, -0.15) is 0 Å². The first-order valence-electron chi connectivity index (χ1n) is 3.63. The van der Waals surface area contributed by atoms with Gasteiger partial charge < -0.3 is 0 Å². The lowest BCUT2D eigenvalue weighted by molar-refractivity contribution is 0.816. The Morgan fingerprint density at radius 2 is 2.18 bits per heavy atom. The fraction of sp³-hybridized carbons (Fsp3) is 0.375. The lowest BCUT2D eigenvalue weighted by Gasteiger charge is -2.03. The molecule has 3 heteroatoms. The highest BCUT2D eigenvalue weighted by Gasteiger charge is 2.17. The van der Waals surface area contributed by atoms with E-state index in [-0.39, 0.29) is 6.04 Å². The largest absolute Gasteiger partial charge is 0.283 e. The maximum atomic E-state index is 4.24. The molecule has 0 amide bonds. The number of nitrogens with zero attached hydrogens (tertiary/aromatic N) is 3. The fourth-order valence-electron chi connectivity index (χ4n) is 1.38. The number of aliphatic imine (C=N–C) groups is 1. The first kappa shape index (κ1) is 6.46. The van der Waals surface area contributed by atoms with Gasteiger partial charge in [-0.05, 0) is 13.8 Å². The second-order valence-corrected chi connectivity index (χ2v) is 2.71. The second kappa shape index (κ2) is 2.12. The van der Waals surface area contributed by atoms with Crippen LogP contribution < -0.4 is 0 Å². The summed E-state index contributed by atoms with van der Waals surface area (Å²) < 4.78 is 0. The van der Waals surface area contributed by atoms with Crippen LogP contribution in [-0.2, 0) is 0 Å². The topological polar surface area (TPSA) is 38.1 Å². The summed E-state index contributed by atoms with van der Waals surface area (Å²) in [7, 11) is 0. The van der Waals surface area contributed by atoms with Crippen LogP contribution in [0, 0.1) is 6.92 Å². The van der Waals surface area contributed by atoms with Crippen LogP contribution in [0.25, 0.3) is 0 Å². The van der Waals surface area contributed by atoms with Gasteiger partial charge in [-0.3, -0.25) is 4.99 Å². The minimum atomic E-state index is 0.242. The van der Waals surface area contributed by atoms with Gasteiger partial charge in [0, 0.05) is 17.5 Å². The predicted molar refractivity (Wildman–Crippen MR) is 42.8 cm³/mol. The number of fused-ring (bicyclic) bond motifs is 1. The maximum Gasteiger partial charge on any atom is 0.116 e. The van der Waals surface area contributed by atoms with Gasteiger partial charge in [-0.25, -0.2) is 9.97 Å². The summed E-state index contributed by atoms with van der Waals surface area (Å²) in [6.07, 6.45) is 3.40. The summed E-state index contributed by atoms with van der Waals surface area (Å²) >= 11 is 0. The smallest absolute Gasteiger partial charge is 0.116 e. The highest BCUT2D eigenvalue weighted by atomic mass is 14.9. The van der Waals surface area contributed by atoms with Crippen LogP contribution in [0.15, 0.2) is 11.3 Å². The first-order valence-corrected chi connectivity index (χ1v) is 3.63. The summed E-state index contributed by atoms with van der Waals surface area (Å²) in [5.41, 5.74) is 3.19. The molecule has 1 unspecified atom stereocenters. The molecule has 0 fully saturated rings. The SMILES string of the molecule is Cc1ncnc2c1C(C)N=C2. The second-order valence-electron chi connectivity index (χ2n) is 2.71. The molecule has 56 valence electrons. The Balaban J connectivity index is 2.65. The summed E-state index contributed by atoms with van der Waals surface area (Å²) in [5, 5.41) is 0. The molecule has 2 rings (SSSR count). The number of rotatable bonds is 0. The normalized spacial score (nSPS) is 20.4. The van der Waals surface area contributed by atoms with Crippen LogP contribution >= 0.6 is 0 Å². The van der Waals surface area contributed by atoms with E-state index in [4.69, 9.17) is 0 Å². The van der Waals surface area contributed by atoms with Crippen molar-refractivity contribution in [2.45, 2.75) is 19.9 Å². The summed E-state index contributed by atoms with van der Waals surface area (Å²) in [4.78, 5) is 12.5. The average Bonchev–Trinajstić information content (AvgIpc) is 2.34. The van der Waals surface area contributed by atoms with E-state index in [0.29, 0.717) is 0 Å². The van der Waals surface area contributed by atoms with Crippen molar-refractivity contribution in [1.29, 1.82) is 0 Å². The molecule has 0 saturated heterocycles. The molecular formula is C8H9N3. The minimum Gasteiger partial charge on any atom is -0.283 e. The van der Waals surface area contributed by atoms with E-state index < -0.39 is 0 Å². The van der Waals surface area contributed by atoms with Crippen molar-refractivity contribution < 1.29 is 0 Å². The van der Waals surface area contributed by atoms with Crippen molar-refractivity contribution in [3.05, 3.63) is 23.3 Å². The number of hydrogen-bond acceptors (Lipinski definition) is 3. The van der Waals surface area contributed by atoms with Crippen LogP contribution in [0.1, 0.15) is 29.9 Å². The molecule has 0 aromatic carbocycles. The molecule has 0 bridgehead atoms. The van der Waals surface area contributed by atoms with E-state index in [0.717, 1.165) is 11.4 Å². The zero-order chi connectivity index (χ0) is 7.84. The van der Waals surface area contributed by atoms with Gasteiger partial charge in [0.05, 0.1) is 11.7 Å². The van der Waals surface area contributed by atoms with E-state index in [2.05, 4.69) is 21.9 Å². The predicted octanol–water partition coefficient (Wildman–Crippen LogP) is 1.28. The third-order valence-corrected chi connectivity index (χ3v) is 1.95. The molecule has 0 aliphatic carbocycles. The summed E-state index contributed by atoms with van der Waals surface area (Å²) in [6.45, 7) is 4.05. The lowest BCUT2D eigenvalue weighted by atomic mass is 10.1. The van der Waals surface area contributed by atoms with Crippen LogP contribution in [0.4, 0.5) is 0 Å². The molecule has 0 saturated carbocycles. The first-order chi connectivity index (χ1) is 5.29. The van der Waals surface area contributed by atoms with Crippen molar-refractivity contribution >= 4 is 6.21 Å². The minimum absolute atomic E-state index is 0.242. The van der Waals surface area contributed by atoms with Gasteiger partial charge in [-0.15, -0.1) is 0 Å². The maximum absolute atomic E-state index is 4.24. The van der Waals surface area contributed by atoms with Gasteiger partial charge in [-0.1, -0.05) is 0 Å². The van der Waals surface area contributed by atoms with Crippen LogP contribution in [0.5, 0.6) is 0 Å². The van der Waals surface area contributed by atoms with Gasteiger partial charge in [0.15, 0.2) is 0 Å². The summed E-state index contributed by atoms with van der Waals surface area (Å²) in [5.74, 6) is 0. The van der Waals surface area contributed by atoms with Crippen LogP contribution in [-0.4, -0.2) is 16.2 Å². The Kier molecular flexibility index (Phi) is 1.24. The Hall–Kier alpha value is -1.25. The molecule has 1 aliphatic heterocycles. The van der Waals surface area contributed by atoms with Crippen molar-refractivity contribution in [2.24, 2.45) is 4.99 Å². The van der Waals surface area contributed by atoms with E-state index in [9.17, 15) is 0 Å². The van der Waals surface area contributed by atoms with E-state index in [1.165, 1.54) is 5.56 Å². The molecule has 1 aromatic rings. The lowest BCUT2D eigenvalue weighted by Crippen LogP contribution is -1.97. The van der Waals surface area contributed by atoms with Gasteiger partial charge in [0.2, 0.25) is 0 Å². The zero-order valence-corrected chi connectivity index (χ0v) is 6.57. The molecule has 1 atom stereocenters. The molecular weight excluding hydrogens is 138 g/mol. The Labute approximate surface area is 65.2 Å². The molecule has 1 aliphatic rings. The molecule has 2 heterocycles. The third-order valence-electron chi connectivity index (χ3n) is 1.95. The standard InChI is InChI=1S/C8H9N3/c1-5-8-6(2)10-4-11-7(8)3-9-5/h3-5H,1-2H3. The molecule has 0 N–H and O–H groups in total. The average molecular weight is 147 g/mol. The number of aromatic nitrogens is 2. The number of hydrogen-bond donors (Lipinski definition) is 0. The van der Waals surface area contributed by atoms with Crippen LogP contribution in [0.3, 0.4) is 0 Å².